The van der Waals surface area contributed by atoms with Crippen molar-refractivity contribution in [3.05, 3.63) is 60.3 Å². The van der Waals surface area contributed by atoms with Crippen molar-refractivity contribution < 1.29 is 14.3 Å². The molecule has 2 heterocycles. The number of fused-ring (bicyclic) bond motifs is 1. The Hall–Kier alpha value is -3.61. The molecule has 0 saturated heterocycles. The predicted molar refractivity (Wildman–Crippen MR) is 120 cm³/mol. The number of nitrogens with zero attached hydrogens (tertiary/aromatic N) is 3. The van der Waals surface area contributed by atoms with Gasteiger partial charge >= 0.3 is 0 Å². The smallest absolute Gasteiger partial charge is 0.228 e. The molecule has 3 aromatic rings. The van der Waals surface area contributed by atoms with E-state index in [1.807, 2.05) is 66.2 Å². The summed E-state index contributed by atoms with van der Waals surface area (Å²) in [4.78, 5) is 26.8. The van der Waals surface area contributed by atoms with Gasteiger partial charge in [-0.3, -0.25) is 14.5 Å². The second-order valence-corrected chi connectivity index (χ2v) is 7.62. The number of ether oxygens (including phenoxy) is 1. The van der Waals surface area contributed by atoms with Crippen molar-refractivity contribution in [2.24, 2.45) is 0 Å². The molecule has 0 unspecified atom stereocenters. The summed E-state index contributed by atoms with van der Waals surface area (Å²) in [6.45, 7) is 3.40. The Labute approximate surface area is 181 Å². The lowest BCUT2D eigenvalue weighted by Crippen LogP contribution is -2.37. The van der Waals surface area contributed by atoms with Gasteiger partial charge in [0, 0.05) is 37.7 Å². The molecule has 1 N–H and O–H groups in total. The van der Waals surface area contributed by atoms with Crippen LogP contribution >= 0.6 is 0 Å². The van der Waals surface area contributed by atoms with Crippen molar-refractivity contribution in [3.63, 3.8) is 0 Å². The summed E-state index contributed by atoms with van der Waals surface area (Å²) in [7, 11) is 1.64. The third-order valence-corrected chi connectivity index (χ3v) is 5.35. The highest BCUT2D eigenvalue weighted by molar-refractivity contribution is 5.98. The van der Waals surface area contributed by atoms with Crippen LogP contribution in [0.25, 0.3) is 11.1 Å². The first-order chi connectivity index (χ1) is 15.0. The Morgan fingerprint density at radius 2 is 1.84 bits per heavy atom. The van der Waals surface area contributed by atoms with Gasteiger partial charge in [-0.15, -0.1) is 0 Å². The summed E-state index contributed by atoms with van der Waals surface area (Å²) in [6, 6.07) is 17.4. The van der Waals surface area contributed by atoms with Crippen molar-refractivity contribution in [2.45, 2.75) is 32.7 Å². The predicted octanol–water partition coefficient (Wildman–Crippen LogP) is 4.02. The van der Waals surface area contributed by atoms with Crippen LogP contribution in [-0.2, 0) is 16.1 Å². The fraction of sp³-hybridized carbons (Fsp3) is 0.292. The zero-order chi connectivity index (χ0) is 21.8. The van der Waals surface area contributed by atoms with Crippen molar-refractivity contribution in [1.82, 2.24) is 9.78 Å². The maximum atomic E-state index is 12.7. The lowest BCUT2D eigenvalue weighted by atomic mass is 10.1. The van der Waals surface area contributed by atoms with Crippen LogP contribution in [0.1, 0.15) is 25.0 Å². The molecule has 31 heavy (non-hydrogen) atoms. The molecule has 7 nitrogen and oxygen atoms in total. The van der Waals surface area contributed by atoms with Crippen molar-refractivity contribution in [1.29, 1.82) is 0 Å². The first-order valence-corrected chi connectivity index (χ1v) is 10.4. The lowest BCUT2D eigenvalue weighted by molar-refractivity contribution is -0.122. The quantitative estimate of drug-likeness (QED) is 0.656. The molecule has 0 fully saturated rings. The van der Waals surface area contributed by atoms with Crippen LogP contribution in [0, 0.1) is 6.92 Å². The molecule has 0 radical (unpaired) electrons. The fourth-order valence-electron chi connectivity index (χ4n) is 3.79. The van der Waals surface area contributed by atoms with Crippen LogP contribution in [0.15, 0.2) is 54.6 Å². The standard InChI is InChI=1S/C24H26N4O3/c1-17-15-23-27(13-4-14-28(23)26-17)24(30)12-11-22(29)25-20-9-7-18(8-10-20)19-5-3-6-21(16-19)31-2/h3,5-10,15-16H,4,11-14H2,1-2H3,(H,25,29). The first kappa shape index (κ1) is 20.7. The molecule has 1 aliphatic rings. The van der Waals surface area contributed by atoms with E-state index in [1.54, 1.807) is 12.0 Å². The number of amides is 2. The van der Waals surface area contributed by atoms with Crippen LogP contribution in [0.5, 0.6) is 5.75 Å². The summed E-state index contributed by atoms with van der Waals surface area (Å²) < 4.78 is 7.13. The Kier molecular flexibility index (Phi) is 6.02. The number of carbonyl (C=O) groups is 2. The summed E-state index contributed by atoms with van der Waals surface area (Å²) in [5.74, 6) is 1.39. The topological polar surface area (TPSA) is 76.5 Å². The van der Waals surface area contributed by atoms with Gasteiger partial charge in [-0.05, 0) is 48.7 Å². The molecule has 2 amide bonds. The minimum atomic E-state index is -0.177. The van der Waals surface area contributed by atoms with Crippen LogP contribution in [-0.4, -0.2) is 35.2 Å². The minimum absolute atomic E-state index is 0.0515. The highest BCUT2D eigenvalue weighted by Crippen LogP contribution is 2.25. The van der Waals surface area contributed by atoms with Gasteiger partial charge in [-0.1, -0.05) is 24.3 Å². The number of hydrogen-bond acceptors (Lipinski definition) is 4. The molecular weight excluding hydrogens is 392 g/mol. The van der Waals surface area contributed by atoms with E-state index in [2.05, 4.69) is 10.4 Å². The Morgan fingerprint density at radius 3 is 2.61 bits per heavy atom. The number of nitrogens with one attached hydrogen (secondary N) is 1. The molecule has 160 valence electrons. The van der Waals surface area contributed by atoms with Gasteiger partial charge in [0.05, 0.1) is 12.8 Å². The fourth-order valence-corrected chi connectivity index (χ4v) is 3.79. The van der Waals surface area contributed by atoms with Gasteiger partial charge in [0.15, 0.2) is 0 Å². The van der Waals surface area contributed by atoms with E-state index in [4.69, 9.17) is 4.74 Å². The SMILES string of the molecule is COc1cccc(-c2ccc(NC(=O)CCC(=O)N3CCCn4nc(C)cc43)cc2)c1. The highest BCUT2D eigenvalue weighted by atomic mass is 16.5. The largest absolute Gasteiger partial charge is 0.497 e. The zero-order valence-corrected chi connectivity index (χ0v) is 17.8. The molecule has 1 aliphatic heterocycles. The average Bonchev–Trinajstić information content (AvgIpc) is 3.18. The summed E-state index contributed by atoms with van der Waals surface area (Å²) in [6.07, 6.45) is 1.17. The Morgan fingerprint density at radius 1 is 1.03 bits per heavy atom. The molecule has 0 bridgehead atoms. The first-order valence-electron chi connectivity index (χ1n) is 10.4. The van der Waals surface area contributed by atoms with E-state index in [0.29, 0.717) is 12.2 Å². The number of benzene rings is 2. The van der Waals surface area contributed by atoms with Crippen molar-refractivity contribution in [2.75, 3.05) is 23.9 Å². The number of methoxy groups -OCH3 is 1. The molecule has 1 aromatic heterocycles. The zero-order valence-electron chi connectivity index (χ0n) is 17.8. The lowest BCUT2D eigenvalue weighted by Gasteiger charge is -2.27. The van der Waals surface area contributed by atoms with Crippen molar-refractivity contribution in [3.8, 4) is 16.9 Å². The highest BCUT2D eigenvalue weighted by Gasteiger charge is 2.24. The van der Waals surface area contributed by atoms with Gasteiger partial charge in [0.25, 0.3) is 0 Å². The second kappa shape index (κ2) is 9.04. The molecule has 4 rings (SSSR count). The van der Waals surface area contributed by atoms with Gasteiger partial charge in [0.1, 0.15) is 11.6 Å². The molecule has 7 heteroatoms. The third-order valence-electron chi connectivity index (χ3n) is 5.35. The maximum absolute atomic E-state index is 12.7. The van der Waals surface area contributed by atoms with E-state index in [-0.39, 0.29) is 24.7 Å². The van der Waals surface area contributed by atoms with E-state index in [0.717, 1.165) is 41.4 Å². The van der Waals surface area contributed by atoms with Crippen LogP contribution in [0.2, 0.25) is 0 Å². The minimum Gasteiger partial charge on any atom is -0.497 e. The summed E-state index contributed by atoms with van der Waals surface area (Å²) >= 11 is 0. The van der Waals surface area contributed by atoms with Crippen LogP contribution in [0.3, 0.4) is 0 Å². The van der Waals surface area contributed by atoms with Gasteiger partial charge in [0.2, 0.25) is 11.8 Å². The molecule has 2 aromatic carbocycles. The van der Waals surface area contributed by atoms with Crippen molar-refractivity contribution >= 4 is 23.3 Å². The van der Waals surface area contributed by atoms with E-state index in [1.165, 1.54) is 0 Å². The van der Waals surface area contributed by atoms with Crippen LogP contribution < -0.4 is 15.0 Å². The average molecular weight is 418 g/mol. The normalized spacial score (nSPS) is 12.9. The summed E-state index contributed by atoms with van der Waals surface area (Å²) in [5, 5.41) is 7.28. The number of hydrogen-bond donors (Lipinski definition) is 1. The molecule has 0 spiro atoms. The van der Waals surface area contributed by atoms with Gasteiger partial charge < -0.3 is 10.1 Å². The molecule has 0 aliphatic carbocycles. The number of anilines is 2. The van der Waals surface area contributed by atoms with E-state index in [9.17, 15) is 9.59 Å². The monoisotopic (exact) mass is 418 g/mol. The Balaban J connectivity index is 1.32. The van der Waals surface area contributed by atoms with E-state index < -0.39 is 0 Å². The summed E-state index contributed by atoms with van der Waals surface area (Å²) in [5.41, 5.74) is 3.67. The number of carbonyl (C=O) groups excluding carboxylic acids is 2. The Bertz CT molecular complexity index is 1090. The maximum Gasteiger partial charge on any atom is 0.228 e. The molecule has 0 saturated carbocycles. The number of rotatable bonds is 6. The van der Waals surface area contributed by atoms with Gasteiger partial charge in [-0.2, -0.15) is 5.10 Å². The molecule has 0 atom stereocenters. The molecular formula is C24H26N4O3. The van der Waals surface area contributed by atoms with Gasteiger partial charge in [-0.25, -0.2) is 4.68 Å². The number of aryl methyl sites for hydroxylation is 2. The third kappa shape index (κ3) is 4.77. The van der Waals surface area contributed by atoms with Crippen LogP contribution in [0.4, 0.5) is 11.5 Å². The number of aromatic nitrogens is 2. The second-order valence-electron chi connectivity index (χ2n) is 7.62. The van der Waals surface area contributed by atoms with E-state index >= 15 is 0 Å².